The quantitative estimate of drug-likeness (QED) is 0.445. The number of nitrogens with zero attached hydrogens (tertiary/aromatic N) is 1. The summed E-state index contributed by atoms with van der Waals surface area (Å²) in [4.78, 5) is 13.4. The largest absolute Gasteiger partial charge is 0.348 e. The van der Waals surface area contributed by atoms with Crippen LogP contribution in [0.1, 0.15) is 57.5 Å². The van der Waals surface area contributed by atoms with Crippen LogP contribution in [0.5, 0.6) is 0 Å². The average molecular weight is 493 g/mol. The summed E-state index contributed by atoms with van der Waals surface area (Å²) in [7, 11) is -3.92. The highest BCUT2D eigenvalue weighted by Gasteiger charge is 2.30. The predicted octanol–water partition coefficient (Wildman–Crippen LogP) is 5.61. The predicted molar refractivity (Wildman–Crippen MR) is 142 cm³/mol. The van der Waals surface area contributed by atoms with Crippen LogP contribution in [0.4, 0.5) is 0 Å². The third-order valence-electron chi connectivity index (χ3n) is 6.45. The summed E-state index contributed by atoms with van der Waals surface area (Å²) in [6.07, 6.45) is 0. The molecule has 0 aliphatic rings. The zero-order valence-electron chi connectivity index (χ0n) is 21.8. The van der Waals surface area contributed by atoms with Gasteiger partial charge in [0, 0.05) is 6.54 Å². The van der Waals surface area contributed by atoms with Crippen molar-refractivity contribution in [2.24, 2.45) is 0 Å². The minimum absolute atomic E-state index is 0.112. The van der Waals surface area contributed by atoms with Gasteiger partial charge >= 0.3 is 0 Å². The van der Waals surface area contributed by atoms with E-state index in [9.17, 15) is 13.2 Å². The van der Waals surface area contributed by atoms with Gasteiger partial charge < -0.3 is 5.32 Å². The summed E-state index contributed by atoms with van der Waals surface area (Å²) in [5.41, 5.74) is 7.68. The van der Waals surface area contributed by atoms with E-state index in [1.807, 2.05) is 70.2 Å². The van der Waals surface area contributed by atoms with Crippen molar-refractivity contribution in [3.05, 3.63) is 99.1 Å². The van der Waals surface area contributed by atoms with Crippen molar-refractivity contribution in [3.8, 4) is 0 Å². The summed E-state index contributed by atoms with van der Waals surface area (Å²) < 4.78 is 29.0. The second kappa shape index (κ2) is 10.8. The molecule has 5 nitrogen and oxygen atoms in total. The molecule has 0 saturated carbocycles. The first-order chi connectivity index (χ1) is 16.4. The molecule has 3 rings (SSSR count). The Bertz CT molecular complexity index is 1310. The number of carbonyl (C=O) groups is 1. The summed E-state index contributed by atoms with van der Waals surface area (Å²) in [6, 6.07) is 17.1. The standard InChI is InChI=1S/C29H36N2O3S/c1-19-13-23(5)29(24(6)14-19)35(33,34)31(17-26-11-9-8-10-12-26)18-28(32)30-25(7)27-16-21(3)20(2)15-22(27)4/h8-16,25H,17-18H2,1-7H3,(H,30,32)/t25-/m0/s1. The molecule has 0 saturated heterocycles. The average Bonchev–Trinajstić information content (AvgIpc) is 2.75. The smallest absolute Gasteiger partial charge is 0.244 e. The Labute approximate surface area is 210 Å². The van der Waals surface area contributed by atoms with Gasteiger partial charge in [-0.05, 0) is 87.4 Å². The lowest BCUT2D eigenvalue weighted by Gasteiger charge is -2.25. The van der Waals surface area contributed by atoms with Crippen LogP contribution in [0.3, 0.4) is 0 Å². The van der Waals surface area contributed by atoms with Gasteiger partial charge in [0.2, 0.25) is 15.9 Å². The van der Waals surface area contributed by atoms with E-state index in [0.29, 0.717) is 11.1 Å². The van der Waals surface area contributed by atoms with Crippen LogP contribution in [0.25, 0.3) is 0 Å². The Morgan fingerprint density at radius 2 is 1.40 bits per heavy atom. The van der Waals surface area contributed by atoms with Crippen molar-refractivity contribution in [2.75, 3.05) is 6.54 Å². The van der Waals surface area contributed by atoms with E-state index >= 15 is 0 Å². The van der Waals surface area contributed by atoms with Gasteiger partial charge in [-0.3, -0.25) is 4.79 Å². The third kappa shape index (κ3) is 6.19. The maximum Gasteiger partial charge on any atom is 0.244 e. The van der Waals surface area contributed by atoms with Crippen molar-refractivity contribution in [2.45, 2.75) is 65.9 Å². The molecule has 35 heavy (non-hydrogen) atoms. The molecule has 0 spiro atoms. The number of amides is 1. The Balaban J connectivity index is 1.92. The first-order valence-corrected chi connectivity index (χ1v) is 13.3. The summed E-state index contributed by atoms with van der Waals surface area (Å²) >= 11 is 0. The molecule has 0 bridgehead atoms. The number of rotatable bonds is 8. The summed E-state index contributed by atoms with van der Waals surface area (Å²) in [6.45, 7) is 13.5. The van der Waals surface area contributed by atoms with Gasteiger partial charge in [0.05, 0.1) is 17.5 Å². The van der Waals surface area contributed by atoms with Crippen molar-refractivity contribution >= 4 is 15.9 Å². The molecule has 0 aliphatic heterocycles. The van der Waals surface area contributed by atoms with Crippen LogP contribution in [0.2, 0.25) is 0 Å². The maximum atomic E-state index is 13.9. The molecule has 0 fully saturated rings. The van der Waals surface area contributed by atoms with Crippen LogP contribution in [0.15, 0.2) is 59.5 Å². The molecule has 186 valence electrons. The van der Waals surface area contributed by atoms with E-state index in [-0.39, 0.29) is 29.9 Å². The number of sulfonamides is 1. The lowest BCUT2D eigenvalue weighted by Crippen LogP contribution is -2.41. The molecule has 0 aliphatic carbocycles. The van der Waals surface area contributed by atoms with Crippen molar-refractivity contribution < 1.29 is 13.2 Å². The number of nitrogens with one attached hydrogen (secondary N) is 1. The number of benzene rings is 3. The van der Waals surface area contributed by atoms with Gasteiger partial charge in [0.25, 0.3) is 0 Å². The van der Waals surface area contributed by atoms with Gasteiger partial charge in [-0.2, -0.15) is 4.31 Å². The first kappa shape index (κ1) is 26.6. The molecular weight excluding hydrogens is 456 g/mol. The van der Waals surface area contributed by atoms with Crippen molar-refractivity contribution in [1.82, 2.24) is 9.62 Å². The van der Waals surface area contributed by atoms with E-state index in [1.165, 1.54) is 9.87 Å². The van der Waals surface area contributed by atoms with Gasteiger partial charge in [-0.15, -0.1) is 0 Å². The third-order valence-corrected chi connectivity index (χ3v) is 8.55. The second-order valence-corrected chi connectivity index (χ2v) is 11.4. The molecule has 1 atom stereocenters. The molecule has 1 N–H and O–H groups in total. The van der Waals surface area contributed by atoms with E-state index in [1.54, 1.807) is 13.8 Å². The highest BCUT2D eigenvalue weighted by Crippen LogP contribution is 2.27. The van der Waals surface area contributed by atoms with Crippen LogP contribution >= 0.6 is 0 Å². The Morgan fingerprint density at radius 1 is 0.829 bits per heavy atom. The first-order valence-electron chi connectivity index (χ1n) is 11.9. The van der Waals surface area contributed by atoms with Gasteiger partial charge in [0.1, 0.15) is 0 Å². The SMILES string of the molecule is Cc1cc(C)c(S(=O)(=O)N(CC(=O)N[C@@H](C)c2cc(C)c(C)cc2C)Cc2ccccc2)c(C)c1. The Hall–Kier alpha value is -2.96. The molecule has 3 aromatic carbocycles. The molecule has 6 heteroatoms. The van der Waals surface area contributed by atoms with Gasteiger partial charge in [-0.25, -0.2) is 8.42 Å². The van der Waals surface area contributed by atoms with Crippen molar-refractivity contribution in [3.63, 3.8) is 0 Å². The van der Waals surface area contributed by atoms with Crippen LogP contribution in [0, 0.1) is 41.5 Å². The number of hydrogen-bond donors (Lipinski definition) is 1. The van der Waals surface area contributed by atoms with E-state index < -0.39 is 10.0 Å². The molecule has 0 heterocycles. The zero-order chi connectivity index (χ0) is 25.9. The maximum absolute atomic E-state index is 13.9. The number of hydrogen-bond acceptors (Lipinski definition) is 3. The minimum Gasteiger partial charge on any atom is -0.348 e. The fourth-order valence-corrected chi connectivity index (χ4v) is 6.49. The van der Waals surface area contributed by atoms with Crippen LogP contribution < -0.4 is 5.32 Å². The van der Waals surface area contributed by atoms with Crippen molar-refractivity contribution in [1.29, 1.82) is 0 Å². The summed E-state index contributed by atoms with van der Waals surface area (Å²) in [5, 5.41) is 3.02. The molecule has 0 unspecified atom stereocenters. The minimum atomic E-state index is -3.92. The van der Waals surface area contributed by atoms with E-state index in [0.717, 1.165) is 27.8 Å². The molecule has 0 aromatic heterocycles. The van der Waals surface area contributed by atoms with E-state index in [4.69, 9.17) is 0 Å². The number of aryl methyl sites for hydroxylation is 6. The van der Waals surface area contributed by atoms with Gasteiger partial charge in [0.15, 0.2) is 0 Å². The second-order valence-electron chi connectivity index (χ2n) is 9.57. The highest BCUT2D eigenvalue weighted by molar-refractivity contribution is 7.89. The van der Waals surface area contributed by atoms with E-state index in [2.05, 4.69) is 24.4 Å². The molecule has 0 radical (unpaired) electrons. The Morgan fingerprint density at radius 3 is 2.00 bits per heavy atom. The fraction of sp³-hybridized carbons (Fsp3) is 0.345. The lowest BCUT2D eigenvalue weighted by molar-refractivity contribution is -0.122. The lowest BCUT2D eigenvalue weighted by atomic mass is 9.96. The molecule has 1 amide bonds. The normalized spacial score (nSPS) is 12.6. The topological polar surface area (TPSA) is 66.5 Å². The highest BCUT2D eigenvalue weighted by atomic mass is 32.2. The van der Waals surface area contributed by atoms with Crippen LogP contribution in [-0.2, 0) is 21.4 Å². The molecular formula is C29H36N2O3S. The molecule has 3 aromatic rings. The van der Waals surface area contributed by atoms with Gasteiger partial charge in [-0.1, -0.05) is 60.2 Å². The monoisotopic (exact) mass is 492 g/mol. The summed E-state index contributed by atoms with van der Waals surface area (Å²) in [5.74, 6) is -0.336. The Kier molecular flexibility index (Phi) is 8.18. The zero-order valence-corrected chi connectivity index (χ0v) is 22.6. The fourth-order valence-electron chi connectivity index (χ4n) is 4.69. The van der Waals surface area contributed by atoms with Crippen LogP contribution in [-0.4, -0.2) is 25.2 Å². The number of carbonyl (C=O) groups excluding carboxylic acids is 1.